The van der Waals surface area contributed by atoms with Gasteiger partial charge >= 0.3 is 0 Å². The Kier molecular flexibility index (Phi) is 5.44. The molecule has 0 heterocycles. The minimum absolute atomic E-state index is 0.141. The second-order valence-electron chi connectivity index (χ2n) is 4.54. The quantitative estimate of drug-likeness (QED) is 0.426. The number of carbonyl (C=O) groups excluding carboxylic acids is 1. The lowest BCUT2D eigenvalue weighted by atomic mass is 9.82. The van der Waals surface area contributed by atoms with E-state index >= 15 is 0 Å². The van der Waals surface area contributed by atoms with E-state index in [1.165, 1.54) is 32.1 Å². The van der Waals surface area contributed by atoms with Crippen molar-refractivity contribution >= 4 is 5.78 Å². The fourth-order valence-corrected chi connectivity index (χ4v) is 2.25. The van der Waals surface area contributed by atoms with Crippen LogP contribution in [-0.2, 0) is 4.79 Å². The summed E-state index contributed by atoms with van der Waals surface area (Å²) in [7, 11) is 0. The van der Waals surface area contributed by atoms with Crippen LogP contribution < -0.4 is 0 Å². The molecule has 0 aliphatic heterocycles. The Morgan fingerprint density at radius 3 is 2.87 bits per heavy atom. The molecule has 0 bridgehead atoms. The van der Waals surface area contributed by atoms with E-state index in [1.54, 1.807) is 0 Å². The molecule has 1 aliphatic carbocycles. The molecule has 0 radical (unpaired) electrons. The lowest BCUT2D eigenvalue weighted by Gasteiger charge is -2.22. The Balaban J connectivity index is 2.23. The van der Waals surface area contributed by atoms with Crippen LogP contribution in [0, 0.1) is 5.92 Å². The smallest absolute Gasteiger partial charge is 0.161 e. The average Bonchev–Trinajstić information content (AvgIpc) is 2.26. The van der Waals surface area contributed by atoms with E-state index in [-0.39, 0.29) is 5.78 Å². The number of allylic oxidation sites excluding steroid dienone is 1. The maximum absolute atomic E-state index is 11.3. The van der Waals surface area contributed by atoms with Gasteiger partial charge in [-0.2, -0.15) is 0 Å². The largest absolute Gasteiger partial charge is 0.515 e. The van der Waals surface area contributed by atoms with E-state index in [9.17, 15) is 4.79 Å². The normalized spacial score (nSPS) is 24.7. The van der Waals surface area contributed by atoms with E-state index in [2.05, 4.69) is 6.92 Å². The molecule has 1 unspecified atom stereocenters. The van der Waals surface area contributed by atoms with E-state index in [1.807, 2.05) is 0 Å². The number of carbonyl (C=O) groups is 1. The maximum Gasteiger partial charge on any atom is 0.161 e. The first-order valence-corrected chi connectivity index (χ1v) is 6.14. The number of ketones is 1. The minimum Gasteiger partial charge on any atom is -0.515 e. The number of hydrogen-bond acceptors (Lipinski definition) is 2. The Labute approximate surface area is 92.4 Å². The van der Waals surface area contributed by atoms with Gasteiger partial charge in [0.1, 0.15) is 0 Å². The molecule has 1 saturated carbocycles. The zero-order valence-electron chi connectivity index (χ0n) is 9.67. The number of aliphatic hydroxyl groups is 1. The van der Waals surface area contributed by atoms with Gasteiger partial charge in [0.05, 0.1) is 6.26 Å². The summed E-state index contributed by atoms with van der Waals surface area (Å²) in [4.78, 5) is 11.3. The molecular formula is C13H22O2. The van der Waals surface area contributed by atoms with E-state index in [4.69, 9.17) is 5.11 Å². The summed E-state index contributed by atoms with van der Waals surface area (Å²) in [6, 6.07) is 0. The van der Waals surface area contributed by atoms with Gasteiger partial charge in [0.2, 0.25) is 0 Å². The molecule has 1 fully saturated rings. The van der Waals surface area contributed by atoms with Crippen LogP contribution in [0.1, 0.15) is 58.3 Å². The van der Waals surface area contributed by atoms with Crippen molar-refractivity contribution in [3.63, 3.8) is 0 Å². The zero-order chi connectivity index (χ0) is 11.1. The molecule has 1 aliphatic rings. The van der Waals surface area contributed by atoms with Crippen LogP contribution in [0.3, 0.4) is 0 Å². The topological polar surface area (TPSA) is 37.3 Å². The molecule has 0 amide bonds. The second kappa shape index (κ2) is 6.65. The summed E-state index contributed by atoms with van der Waals surface area (Å²) < 4.78 is 0. The van der Waals surface area contributed by atoms with Gasteiger partial charge in [-0.05, 0) is 18.8 Å². The maximum atomic E-state index is 11.3. The fourth-order valence-electron chi connectivity index (χ4n) is 2.25. The van der Waals surface area contributed by atoms with Crippen LogP contribution in [-0.4, -0.2) is 10.9 Å². The summed E-state index contributed by atoms with van der Waals surface area (Å²) in [5.41, 5.74) is 0.641. The Morgan fingerprint density at radius 2 is 2.20 bits per heavy atom. The third kappa shape index (κ3) is 4.06. The summed E-state index contributed by atoms with van der Waals surface area (Å²) in [6.07, 6.45) is 9.82. The molecule has 1 atom stereocenters. The highest BCUT2D eigenvalue weighted by Crippen LogP contribution is 2.29. The third-order valence-corrected chi connectivity index (χ3v) is 3.27. The van der Waals surface area contributed by atoms with Crippen LogP contribution in [0.2, 0.25) is 0 Å². The van der Waals surface area contributed by atoms with Crippen LogP contribution in [0.5, 0.6) is 0 Å². The SMILES string of the molecule is CCCCCCC1CCC(=O)C(=CO)C1. The lowest BCUT2D eigenvalue weighted by Crippen LogP contribution is -2.17. The predicted octanol–water partition coefficient (Wildman–Crippen LogP) is 3.77. The van der Waals surface area contributed by atoms with Crippen LogP contribution >= 0.6 is 0 Å². The molecule has 2 nitrogen and oxygen atoms in total. The summed E-state index contributed by atoms with van der Waals surface area (Å²) >= 11 is 0. The lowest BCUT2D eigenvalue weighted by molar-refractivity contribution is -0.117. The van der Waals surface area contributed by atoms with Crippen molar-refractivity contribution in [3.05, 3.63) is 11.8 Å². The Bertz CT molecular complexity index is 231. The summed E-state index contributed by atoms with van der Waals surface area (Å²) in [5, 5.41) is 8.91. The van der Waals surface area contributed by atoms with E-state index in [0.29, 0.717) is 17.9 Å². The van der Waals surface area contributed by atoms with Gasteiger partial charge < -0.3 is 5.11 Å². The second-order valence-corrected chi connectivity index (χ2v) is 4.54. The molecule has 1 rings (SSSR count). The molecule has 15 heavy (non-hydrogen) atoms. The standard InChI is InChI=1S/C13H22O2/c1-2-3-4-5-6-11-7-8-13(15)12(9-11)10-14/h10-11,14H,2-9H2,1H3. The number of hydrogen-bond donors (Lipinski definition) is 1. The first-order valence-electron chi connectivity index (χ1n) is 6.14. The van der Waals surface area contributed by atoms with Crippen molar-refractivity contribution in [2.45, 2.75) is 58.3 Å². The molecular weight excluding hydrogens is 188 g/mol. The monoisotopic (exact) mass is 210 g/mol. The van der Waals surface area contributed by atoms with E-state index < -0.39 is 0 Å². The summed E-state index contributed by atoms with van der Waals surface area (Å²) in [5.74, 6) is 0.764. The fraction of sp³-hybridized carbons (Fsp3) is 0.769. The van der Waals surface area contributed by atoms with Gasteiger partial charge in [-0.25, -0.2) is 0 Å². The average molecular weight is 210 g/mol. The number of unbranched alkanes of at least 4 members (excludes halogenated alkanes) is 3. The van der Waals surface area contributed by atoms with Crippen molar-refractivity contribution in [2.75, 3.05) is 0 Å². The molecule has 86 valence electrons. The van der Waals surface area contributed by atoms with Gasteiger partial charge in [-0.15, -0.1) is 0 Å². The minimum atomic E-state index is 0.141. The highest BCUT2D eigenvalue weighted by Gasteiger charge is 2.22. The Hall–Kier alpha value is -0.790. The molecule has 0 saturated heterocycles. The number of Topliss-reactive ketones (excluding diaryl/α,β-unsaturated/α-hetero) is 1. The van der Waals surface area contributed by atoms with Gasteiger partial charge in [0.15, 0.2) is 5.78 Å². The van der Waals surface area contributed by atoms with Crippen molar-refractivity contribution in [1.29, 1.82) is 0 Å². The van der Waals surface area contributed by atoms with E-state index in [0.717, 1.165) is 19.1 Å². The van der Waals surface area contributed by atoms with Gasteiger partial charge in [-0.3, -0.25) is 4.79 Å². The molecule has 0 spiro atoms. The Morgan fingerprint density at radius 1 is 1.40 bits per heavy atom. The van der Waals surface area contributed by atoms with Crippen molar-refractivity contribution < 1.29 is 9.90 Å². The zero-order valence-corrected chi connectivity index (χ0v) is 9.67. The molecule has 0 aromatic rings. The highest BCUT2D eigenvalue weighted by atomic mass is 16.2. The molecule has 0 aromatic heterocycles. The van der Waals surface area contributed by atoms with Crippen molar-refractivity contribution in [1.82, 2.24) is 0 Å². The molecule has 1 N–H and O–H groups in total. The van der Waals surface area contributed by atoms with Gasteiger partial charge in [-0.1, -0.05) is 39.0 Å². The first kappa shape index (κ1) is 12.3. The predicted molar refractivity (Wildman–Crippen MR) is 61.8 cm³/mol. The van der Waals surface area contributed by atoms with Crippen molar-refractivity contribution in [2.24, 2.45) is 5.92 Å². The van der Waals surface area contributed by atoms with Crippen molar-refractivity contribution in [3.8, 4) is 0 Å². The van der Waals surface area contributed by atoms with Gasteiger partial charge in [0.25, 0.3) is 0 Å². The third-order valence-electron chi connectivity index (χ3n) is 3.27. The molecule has 0 aromatic carbocycles. The number of rotatable bonds is 5. The molecule has 2 heteroatoms. The highest BCUT2D eigenvalue weighted by molar-refractivity contribution is 5.95. The first-order chi connectivity index (χ1) is 7.27. The van der Waals surface area contributed by atoms with Crippen LogP contribution in [0.4, 0.5) is 0 Å². The van der Waals surface area contributed by atoms with Crippen LogP contribution in [0.15, 0.2) is 11.8 Å². The van der Waals surface area contributed by atoms with Crippen LogP contribution in [0.25, 0.3) is 0 Å². The summed E-state index contributed by atoms with van der Waals surface area (Å²) in [6.45, 7) is 2.21. The number of aliphatic hydroxyl groups excluding tert-OH is 1. The van der Waals surface area contributed by atoms with Gasteiger partial charge in [0, 0.05) is 12.0 Å².